The maximum atomic E-state index is 11.4. The van der Waals surface area contributed by atoms with Gasteiger partial charge in [0.05, 0.1) is 26.3 Å². The molecule has 24 heavy (non-hydrogen) atoms. The molecule has 2 aliphatic heterocycles. The van der Waals surface area contributed by atoms with Crippen molar-refractivity contribution in [1.82, 2.24) is 0 Å². The number of rotatable bonds is 4. The Kier molecular flexibility index (Phi) is 5.36. The number of esters is 1. The van der Waals surface area contributed by atoms with Crippen LogP contribution in [0.15, 0.2) is 11.6 Å². The zero-order chi connectivity index (χ0) is 17.3. The first-order valence-corrected chi connectivity index (χ1v) is 9.71. The van der Waals surface area contributed by atoms with E-state index in [1.54, 1.807) is 4.90 Å². The molecule has 0 saturated carbocycles. The van der Waals surface area contributed by atoms with Gasteiger partial charge in [-0.25, -0.2) is 0 Å². The van der Waals surface area contributed by atoms with Crippen LogP contribution in [0.3, 0.4) is 0 Å². The Bertz CT molecular complexity index is 497. The highest BCUT2D eigenvalue weighted by Gasteiger charge is 2.54. The molecule has 4 heteroatoms. The fraction of sp³-hybridized carbons (Fsp3) is 0.850. The second kappa shape index (κ2) is 7.17. The van der Waals surface area contributed by atoms with E-state index >= 15 is 0 Å². The summed E-state index contributed by atoms with van der Waals surface area (Å²) >= 11 is 0. The Hall–Kier alpha value is -0.870. The second-order valence-corrected chi connectivity index (χ2v) is 8.39. The van der Waals surface area contributed by atoms with Gasteiger partial charge in [0.15, 0.2) is 0 Å². The van der Waals surface area contributed by atoms with Crippen LogP contribution in [0, 0.1) is 23.2 Å². The molecule has 0 radical (unpaired) electrons. The highest BCUT2D eigenvalue weighted by Crippen LogP contribution is 2.52. The first kappa shape index (κ1) is 17.9. The predicted molar refractivity (Wildman–Crippen MR) is 93.8 cm³/mol. The number of quaternary nitrogens is 1. The van der Waals surface area contributed by atoms with Crippen molar-refractivity contribution >= 4 is 5.97 Å². The number of hydrogen-bond donors (Lipinski definition) is 1. The zero-order valence-corrected chi connectivity index (χ0v) is 15.8. The fourth-order valence-electron chi connectivity index (χ4n) is 5.35. The van der Waals surface area contributed by atoms with E-state index in [4.69, 9.17) is 9.47 Å². The highest BCUT2D eigenvalue weighted by molar-refractivity contribution is 5.65. The number of hydrogen-bond acceptors (Lipinski definition) is 3. The SMILES string of the molecule is CC(=O)OC[C@]12CO[C@H](C[NH+]3CCCCC3)[C@H](C(C)=C[C@H]1C)[C@@H]2C. The van der Waals surface area contributed by atoms with Crippen molar-refractivity contribution in [3.8, 4) is 0 Å². The maximum Gasteiger partial charge on any atom is 0.302 e. The topological polar surface area (TPSA) is 40.0 Å². The number of nitrogens with one attached hydrogen (secondary N) is 1. The van der Waals surface area contributed by atoms with Crippen molar-refractivity contribution in [2.24, 2.45) is 23.2 Å². The molecule has 2 heterocycles. The molecule has 2 fully saturated rings. The van der Waals surface area contributed by atoms with Crippen LogP contribution in [0.1, 0.15) is 47.0 Å². The lowest BCUT2D eigenvalue weighted by molar-refractivity contribution is -0.908. The average molecular weight is 336 g/mol. The summed E-state index contributed by atoms with van der Waals surface area (Å²) in [4.78, 5) is 13.1. The van der Waals surface area contributed by atoms with E-state index in [2.05, 4.69) is 26.8 Å². The molecule has 3 aliphatic rings. The van der Waals surface area contributed by atoms with E-state index in [-0.39, 0.29) is 11.4 Å². The normalized spacial score (nSPS) is 40.1. The van der Waals surface area contributed by atoms with Gasteiger partial charge in [0, 0.05) is 18.3 Å². The quantitative estimate of drug-likeness (QED) is 0.629. The van der Waals surface area contributed by atoms with Gasteiger partial charge in [0.1, 0.15) is 12.6 Å². The van der Waals surface area contributed by atoms with Crippen molar-refractivity contribution < 1.29 is 19.2 Å². The van der Waals surface area contributed by atoms with Crippen LogP contribution in [0.5, 0.6) is 0 Å². The van der Waals surface area contributed by atoms with Gasteiger partial charge in [-0.15, -0.1) is 0 Å². The molecule has 0 amide bonds. The number of fused-ring (bicyclic) bond motifs is 2. The van der Waals surface area contributed by atoms with E-state index < -0.39 is 0 Å². The standard InChI is InChI=1S/C20H33NO3/c1-14-10-15(2)20(12-23-17(4)22)13-24-18(19(14)16(20)3)11-21-8-6-5-7-9-21/h10,15-16,18-19H,5-9,11-13H2,1-4H3/p+1/t15-,16+,18-,19-,20+/m1/s1. The third-order valence-electron chi connectivity index (χ3n) is 6.95. The Balaban J connectivity index is 1.77. The van der Waals surface area contributed by atoms with Crippen molar-refractivity contribution in [3.05, 3.63) is 11.6 Å². The van der Waals surface area contributed by atoms with Crippen LogP contribution >= 0.6 is 0 Å². The van der Waals surface area contributed by atoms with Gasteiger partial charge in [-0.3, -0.25) is 4.79 Å². The minimum absolute atomic E-state index is 0.0659. The summed E-state index contributed by atoms with van der Waals surface area (Å²) in [5, 5.41) is 0. The van der Waals surface area contributed by atoms with Gasteiger partial charge in [0.2, 0.25) is 0 Å². The largest absolute Gasteiger partial charge is 0.465 e. The minimum atomic E-state index is -0.188. The predicted octanol–water partition coefficient (Wildman–Crippen LogP) is 1.85. The second-order valence-electron chi connectivity index (χ2n) is 8.39. The van der Waals surface area contributed by atoms with Crippen molar-refractivity contribution in [2.45, 2.75) is 53.1 Å². The molecule has 0 aromatic heterocycles. The number of carbonyl (C=O) groups is 1. The smallest absolute Gasteiger partial charge is 0.302 e. The van der Waals surface area contributed by atoms with E-state index in [0.29, 0.717) is 37.1 Å². The molecular weight excluding hydrogens is 302 g/mol. The molecule has 0 spiro atoms. The van der Waals surface area contributed by atoms with Gasteiger partial charge >= 0.3 is 5.97 Å². The lowest BCUT2D eigenvalue weighted by Crippen LogP contribution is -3.14. The van der Waals surface area contributed by atoms with E-state index in [0.717, 1.165) is 6.54 Å². The first-order valence-electron chi connectivity index (χ1n) is 9.71. The third-order valence-corrected chi connectivity index (χ3v) is 6.95. The Morgan fingerprint density at radius 3 is 2.71 bits per heavy atom. The molecule has 136 valence electrons. The number of ether oxygens (including phenoxy) is 2. The molecule has 1 N–H and O–H groups in total. The molecule has 2 saturated heterocycles. The van der Waals surface area contributed by atoms with Crippen molar-refractivity contribution in [1.29, 1.82) is 0 Å². The number of carbonyl (C=O) groups excluding carboxylic acids is 1. The molecular formula is C20H34NO3+. The Morgan fingerprint density at radius 2 is 2.04 bits per heavy atom. The fourth-order valence-corrected chi connectivity index (χ4v) is 5.35. The summed E-state index contributed by atoms with van der Waals surface area (Å²) in [5.74, 6) is 1.14. The van der Waals surface area contributed by atoms with Crippen LogP contribution in [-0.2, 0) is 14.3 Å². The molecule has 4 nitrogen and oxygen atoms in total. The van der Waals surface area contributed by atoms with Gasteiger partial charge in [0.25, 0.3) is 0 Å². The molecule has 0 unspecified atom stereocenters. The van der Waals surface area contributed by atoms with Gasteiger partial charge in [-0.1, -0.05) is 25.5 Å². The van der Waals surface area contributed by atoms with Crippen LogP contribution in [-0.4, -0.2) is 44.9 Å². The number of piperidine rings is 1. The van der Waals surface area contributed by atoms with E-state index in [9.17, 15) is 4.79 Å². The summed E-state index contributed by atoms with van der Waals surface area (Å²) in [6.45, 7) is 13.3. The first-order chi connectivity index (χ1) is 11.4. The Morgan fingerprint density at radius 1 is 1.33 bits per heavy atom. The minimum Gasteiger partial charge on any atom is -0.465 e. The number of allylic oxidation sites excluding steroid dienone is 1. The van der Waals surface area contributed by atoms with Crippen LogP contribution in [0.25, 0.3) is 0 Å². The van der Waals surface area contributed by atoms with Crippen LogP contribution in [0.2, 0.25) is 0 Å². The van der Waals surface area contributed by atoms with Crippen molar-refractivity contribution in [3.63, 3.8) is 0 Å². The summed E-state index contributed by atoms with van der Waals surface area (Å²) in [5.41, 5.74) is 1.40. The molecule has 0 aromatic rings. The summed E-state index contributed by atoms with van der Waals surface area (Å²) in [6, 6.07) is 0. The zero-order valence-electron chi connectivity index (χ0n) is 15.8. The molecule has 1 aliphatic carbocycles. The third kappa shape index (κ3) is 3.28. The lowest BCUT2D eigenvalue weighted by Gasteiger charge is -2.55. The van der Waals surface area contributed by atoms with Crippen LogP contribution < -0.4 is 4.90 Å². The summed E-state index contributed by atoms with van der Waals surface area (Å²) in [6.07, 6.45) is 6.81. The molecule has 2 bridgehead atoms. The average Bonchev–Trinajstić information content (AvgIpc) is 2.54. The van der Waals surface area contributed by atoms with Gasteiger partial charge in [-0.05, 0) is 38.0 Å². The monoisotopic (exact) mass is 336 g/mol. The lowest BCUT2D eigenvalue weighted by atomic mass is 9.56. The Labute approximate surface area is 146 Å². The van der Waals surface area contributed by atoms with E-state index in [1.807, 2.05) is 0 Å². The van der Waals surface area contributed by atoms with Gasteiger partial charge in [-0.2, -0.15) is 0 Å². The molecule has 3 rings (SSSR count). The molecule has 5 atom stereocenters. The van der Waals surface area contributed by atoms with Crippen molar-refractivity contribution in [2.75, 3.05) is 32.8 Å². The van der Waals surface area contributed by atoms with E-state index in [1.165, 1.54) is 44.8 Å². The highest BCUT2D eigenvalue weighted by atomic mass is 16.5. The number of likely N-dealkylation sites (tertiary alicyclic amines) is 1. The van der Waals surface area contributed by atoms with Gasteiger partial charge < -0.3 is 14.4 Å². The van der Waals surface area contributed by atoms with Crippen LogP contribution in [0.4, 0.5) is 0 Å². The maximum absolute atomic E-state index is 11.4. The summed E-state index contributed by atoms with van der Waals surface area (Å²) in [7, 11) is 0. The summed E-state index contributed by atoms with van der Waals surface area (Å²) < 4.78 is 11.9. The molecule has 0 aromatic carbocycles.